The highest BCUT2D eigenvalue weighted by molar-refractivity contribution is 5.12. The van der Waals surface area contributed by atoms with Crippen LogP contribution in [0.25, 0.3) is 0 Å². The Morgan fingerprint density at radius 1 is 0.882 bits per heavy atom. The van der Waals surface area contributed by atoms with Crippen molar-refractivity contribution in [3.8, 4) is 0 Å². The summed E-state index contributed by atoms with van der Waals surface area (Å²) in [6, 6.07) is 0. The van der Waals surface area contributed by atoms with Gasteiger partial charge < -0.3 is 5.11 Å². The van der Waals surface area contributed by atoms with Crippen molar-refractivity contribution in [2.24, 2.45) is 10.8 Å². The Kier molecular flexibility index (Phi) is 5.93. The van der Waals surface area contributed by atoms with E-state index in [1.807, 2.05) is 0 Å². The predicted octanol–water partition coefficient (Wildman–Crippen LogP) is 4.95. The summed E-state index contributed by atoms with van der Waals surface area (Å²) in [6.45, 7) is 17.7. The minimum absolute atomic E-state index is 0.204. The lowest BCUT2D eigenvalue weighted by Gasteiger charge is -2.24. The first-order chi connectivity index (χ1) is 7.41. The second-order valence-corrected chi connectivity index (χ2v) is 7.92. The fourth-order valence-electron chi connectivity index (χ4n) is 2.25. The van der Waals surface area contributed by atoms with E-state index in [1.165, 1.54) is 11.1 Å². The Balaban J connectivity index is 4.42. The van der Waals surface area contributed by atoms with Crippen LogP contribution in [0.1, 0.15) is 74.7 Å². The molecule has 0 saturated carbocycles. The minimum atomic E-state index is -0.204. The molecule has 0 aliphatic heterocycles. The molecule has 0 aromatic rings. The molecule has 1 N–H and O–H groups in total. The Labute approximate surface area is 108 Å². The molecule has 0 spiro atoms. The van der Waals surface area contributed by atoms with Crippen LogP contribution in [-0.4, -0.2) is 11.2 Å². The third-order valence-electron chi connectivity index (χ3n) is 2.91. The first kappa shape index (κ1) is 16.7. The average Bonchev–Trinajstić information content (AvgIpc) is 1.95. The zero-order valence-corrected chi connectivity index (χ0v) is 13.1. The zero-order valence-electron chi connectivity index (χ0n) is 13.1. The number of aliphatic hydroxyl groups is 1. The summed E-state index contributed by atoms with van der Waals surface area (Å²) >= 11 is 0. The molecule has 1 nitrogen and oxygen atoms in total. The summed E-state index contributed by atoms with van der Waals surface area (Å²) in [5.41, 5.74) is 3.33. The van der Waals surface area contributed by atoms with Crippen molar-refractivity contribution in [3.63, 3.8) is 0 Å². The number of allylic oxidation sites excluding steroid dienone is 1. The van der Waals surface area contributed by atoms with E-state index >= 15 is 0 Å². The number of rotatable bonds is 4. The maximum absolute atomic E-state index is 10.1. The van der Waals surface area contributed by atoms with Crippen molar-refractivity contribution < 1.29 is 5.11 Å². The van der Waals surface area contributed by atoms with Gasteiger partial charge in [-0.3, -0.25) is 0 Å². The van der Waals surface area contributed by atoms with Crippen LogP contribution in [0.2, 0.25) is 0 Å². The van der Waals surface area contributed by atoms with Crippen molar-refractivity contribution in [1.82, 2.24) is 0 Å². The van der Waals surface area contributed by atoms with Crippen LogP contribution in [0.3, 0.4) is 0 Å². The summed E-state index contributed by atoms with van der Waals surface area (Å²) in [5, 5.41) is 10.1. The summed E-state index contributed by atoms with van der Waals surface area (Å²) in [5.74, 6) is 0. The van der Waals surface area contributed by atoms with Crippen LogP contribution in [0.4, 0.5) is 0 Å². The summed E-state index contributed by atoms with van der Waals surface area (Å²) < 4.78 is 0. The molecule has 0 fully saturated rings. The van der Waals surface area contributed by atoms with Gasteiger partial charge in [-0.05, 0) is 43.9 Å². The van der Waals surface area contributed by atoms with E-state index in [-0.39, 0.29) is 11.5 Å². The second kappa shape index (κ2) is 6.04. The van der Waals surface area contributed by atoms with Crippen LogP contribution in [0.15, 0.2) is 11.1 Å². The van der Waals surface area contributed by atoms with Crippen LogP contribution in [0, 0.1) is 10.8 Å². The molecule has 17 heavy (non-hydrogen) atoms. The summed E-state index contributed by atoms with van der Waals surface area (Å²) in [7, 11) is 0. The standard InChI is InChI=1S/C16H32O/c1-12(13(2)10-15(3,4)5)9-14(17)11-16(6,7)8/h14,17H,9-11H2,1-8H3. The van der Waals surface area contributed by atoms with Crippen LogP contribution in [0.5, 0.6) is 0 Å². The van der Waals surface area contributed by atoms with Gasteiger partial charge in [-0.25, -0.2) is 0 Å². The van der Waals surface area contributed by atoms with E-state index in [1.54, 1.807) is 0 Å². The van der Waals surface area contributed by atoms with Crippen LogP contribution in [-0.2, 0) is 0 Å². The molecule has 1 atom stereocenters. The van der Waals surface area contributed by atoms with Gasteiger partial charge in [-0.1, -0.05) is 52.7 Å². The van der Waals surface area contributed by atoms with Gasteiger partial charge in [0.1, 0.15) is 0 Å². The third kappa shape index (κ3) is 9.41. The maximum atomic E-state index is 10.1. The quantitative estimate of drug-likeness (QED) is 0.690. The second-order valence-electron chi connectivity index (χ2n) is 7.92. The smallest absolute Gasteiger partial charge is 0.0582 e. The largest absolute Gasteiger partial charge is 0.393 e. The molecular formula is C16H32O. The Morgan fingerprint density at radius 3 is 1.71 bits per heavy atom. The first-order valence-corrected chi connectivity index (χ1v) is 6.74. The molecule has 0 aliphatic rings. The molecule has 0 saturated heterocycles. The van der Waals surface area contributed by atoms with E-state index < -0.39 is 0 Å². The highest BCUT2D eigenvalue weighted by atomic mass is 16.3. The lowest BCUT2D eigenvalue weighted by molar-refractivity contribution is 0.121. The number of aliphatic hydroxyl groups excluding tert-OH is 1. The lowest BCUT2D eigenvalue weighted by Crippen LogP contribution is -2.18. The molecule has 0 aromatic heterocycles. The van der Waals surface area contributed by atoms with Gasteiger partial charge in [0.05, 0.1) is 6.10 Å². The predicted molar refractivity (Wildman–Crippen MR) is 77.1 cm³/mol. The highest BCUT2D eigenvalue weighted by Crippen LogP contribution is 2.28. The van der Waals surface area contributed by atoms with Gasteiger partial charge in [-0.2, -0.15) is 0 Å². The average molecular weight is 240 g/mol. The monoisotopic (exact) mass is 240 g/mol. The van der Waals surface area contributed by atoms with E-state index in [4.69, 9.17) is 0 Å². The molecule has 0 radical (unpaired) electrons. The molecule has 0 amide bonds. The topological polar surface area (TPSA) is 20.2 Å². The Morgan fingerprint density at radius 2 is 1.35 bits per heavy atom. The van der Waals surface area contributed by atoms with E-state index in [2.05, 4.69) is 55.4 Å². The highest BCUT2D eigenvalue weighted by Gasteiger charge is 2.18. The fourth-order valence-corrected chi connectivity index (χ4v) is 2.25. The van der Waals surface area contributed by atoms with Gasteiger partial charge in [0.25, 0.3) is 0 Å². The van der Waals surface area contributed by atoms with Crippen molar-refractivity contribution in [2.75, 3.05) is 0 Å². The SMILES string of the molecule is CC(CC(O)CC(C)(C)C)=C(C)CC(C)(C)C. The Bertz CT molecular complexity index is 260. The van der Waals surface area contributed by atoms with Crippen LogP contribution < -0.4 is 0 Å². The molecule has 0 bridgehead atoms. The number of hydrogen-bond donors (Lipinski definition) is 1. The van der Waals surface area contributed by atoms with Crippen molar-refractivity contribution >= 4 is 0 Å². The summed E-state index contributed by atoms with van der Waals surface area (Å²) in [4.78, 5) is 0. The molecule has 1 unspecified atom stereocenters. The van der Waals surface area contributed by atoms with Gasteiger partial charge in [0.2, 0.25) is 0 Å². The molecular weight excluding hydrogens is 208 g/mol. The fraction of sp³-hybridized carbons (Fsp3) is 0.875. The van der Waals surface area contributed by atoms with Gasteiger partial charge in [0, 0.05) is 0 Å². The maximum Gasteiger partial charge on any atom is 0.0582 e. The van der Waals surface area contributed by atoms with Gasteiger partial charge in [-0.15, -0.1) is 0 Å². The molecule has 0 rings (SSSR count). The van der Waals surface area contributed by atoms with Crippen molar-refractivity contribution in [3.05, 3.63) is 11.1 Å². The van der Waals surface area contributed by atoms with E-state index in [0.717, 1.165) is 19.3 Å². The zero-order chi connectivity index (χ0) is 13.9. The van der Waals surface area contributed by atoms with Crippen molar-refractivity contribution in [1.29, 1.82) is 0 Å². The molecule has 102 valence electrons. The third-order valence-corrected chi connectivity index (χ3v) is 2.91. The molecule has 1 heteroatoms. The van der Waals surface area contributed by atoms with E-state index in [9.17, 15) is 5.11 Å². The lowest BCUT2D eigenvalue weighted by atomic mass is 9.84. The molecule has 0 aromatic carbocycles. The normalized spacial score (nSPS) is 16.8. The Hall–Kier alpha value is -0.300. The molecule has 0 aliphatic carbocycles. The molecule has 0 heterocycles. The van der Waals surface area contributed by atoms with Gasteiger partial charge in [0.15, 0.2) is 0 Å². The van der Waals surface area contributed by atoms with E-state index in [0.29, 0.717) is 5.41 Å². The van der Waals surface area contributed by atoms with Crippen LogP contribution >= 0.6 is 0 Å². The minimum Gasteiger partial charge on any atom is -0.393 e. The van der Waals surface area contributed by atoms with Crippen molar-refractivity contribution in [2.45, 2.75) is 80.8 Å². The number of hydrogen-bond acceptors (Lipinski definition) is 1. The first-order valence-electron chi connectivity index (χ1n) is 6.74. The summed E-state index contributed by atoms with van der Waals surface area (Å²) in [6.07, 6.45) is 2.60. The van der Waals surface area contributed by atoms with Gasteiger partial charge >= 0.3 is 0 Å².